The van der Waals surface area contributed by atoms with Crippen LogP contribution in [-0.4, -0.2) is 53.1 Å². The molecule has 0 aromatic carbocycles. The van der Waals surface area contributed by atoms with Gasteiger partial charge in [-0.25, -0.2) is 4.98 Å². The summed E-state index contributed by atoms with van der Waals surface area (Å²) in [5.74, 6) is 0.674. The lowest BCUT2D eigenvalue weighted by Gasteiger charge is -2.29. The lowest BCUT2D eigenvalue weighted by atomic mass is 10.2. The number of amides is 1. The number of pyridine rings is 1. The first-order valence-corrected chi connectivity index (χ1v) is 6.87. The van der Waals surface area contributed by atoms with E-state index in [1.165, 1.54) is 0 Å². The second-order valence-corrected chi connectivity index (χ2v) is 5.04. The summed E-state index contributed by atoms with van der Waals surface area (Å²) in [6, 6.07) is 3.21. The van der Waals surface area contributed by atoms with Gasteiger partial charge in [0.15, 0.2) is 0 Å². The Balaban J connectivity index is 1.94. The molecular formula is C13H18N4O2S. The Morgan fingerprint density at radius 2 is 2.20 bits per heavy atom. The maximum Gasteiger partial charge on any atom is 0.244 e. The van der Waals surface area contributed by atoms with Gasteiger partial charge in [-0.05, 0) is 19.1 Å². The molecule has 0 spiro atoms. The molecule has 108 valence electrons. The average Bonchev–Trinajstić information content (AvgIpc) is 2.48. The van der Waals surface area contributed by atoms with Gasteiger partial charge >= 0.3 is 0 Å². The van der Waals surface area contributed by atoms with Crippen LogP contribution in [0.4, 0.5) is 5.82 Å². The van der Waals surface area contributed by atoms with Crippen LogP contribution in [0.2, 0.25) is 0 Å². The first-order chi connectivity index (χ1) is 9.58. The van der Waals surface area contributed by atoms with E-state index in [2.05, 4.69) is 10.3 Å². The van der Waals surface area contributed by atoms with E-state index in [9.17, 15) is 4.79 Å². The molecule has 0 aliphatic carbocycles. The molecule has 1 aromatic rings. The van der Waals surface area contributed by atoms with E-state index in [1.807, 2.05) is 6.92 Å². The summed E-state index contributed by atoms with van der Waals surface area (Å²) in [6.45, 7) is 4.29. The Morgan fingerprint density at radius 1 is 1.50 bits per heavy atom. The van der Waals surface area contributed by atoms with Gasteiger partial charge in [-0.3, -0.25) is 4.79 Å². The van der Waals surface area contributed by atoms with E-state index in [0.717, 1.165) is 0 Å². The van der Waals surface area contributed by atoms with Crippen LogP contribution in [0.25, 0.3) is 0 Å². The normalized spacial score (nSPS) is 16.6. The number of nitrogens with two attached hydrogens (primary N) is 1. The molecular weight excluding hydrogens is 276 g/mol. The molecule has 2 heterocycles. The third-order valence-corrected chi connectivity index (χ3v) is 3.34. The molecule has 7 heteroatoms. The minimum atomic E-state index is -0.337. The monoisotopic (exact) mass is 294 g/mol. The fraction of sp³-hybridized carbons (Fsp3) is 0.462. The SMILES string of the molecule is CC(Nc1ccc(C(N)=S)cn1)C(=O)N1CCOCC1. The molecule has 0 saturated carbocycles. The van der Waals surface area contributed by atoms with Crippen LogP contribution >= 0.6 is 12.2 Å². The minimum absolute atomic E-state index is 0.0496. The molecule has 1 aliphatic heterocycles. The van der Waals surface area contributed by atoms with Crippen LogP contribution in [0.5, 0.6) is 0 Å². The van der Waals surface area contributed by atoms with Crippen molar-refractivity contribution in [2.24, 2.45) is 5.73 Å². The van der Waals surface area contributed by atoms with Crippen molar-refractivity contribution in [3.8, 4) is 0 Å². The molecule has 0 bridgehead atoms. The number of aromatic nitrogens is 1. The quantitative estimate of drug-likeness (QED) is 0.781. The lowest BCUT2D eigenvalue weighted by molar-refractivity contribution is -0.135. The first kappa shape index (κ1) is 14.7. The van der Waals surface area contributed by atoms with Crippen molar-refractivity contribution < 1.29 is 9.53 Å². The molecule has 0 radical (unpaired) electrons. The fourth-order valence-electron chi connectivity index (χ4n) is 1.97. The smallest absolute Gasteiger partial charge is 0.244 e. The van der Waals surface area contributed by atoms with E-state index in [4.69, 9.17) is 22.7 Å². The van der Waals surface area contributed by atoms with Crippen molar-refractivity contribution in [2.45, 2.75) is 13.0 Å². The number of thiocarbonyl (C=S) groups is 1. The van der Waals surface area contributed by atoms with Crippen LogP contribution in [0.3, 0.4) is 0 Å². The summed E-state index contributed by atoms with van der Waals surface area (Å²) in [4.78, 5) is 18.5. The second-order valence-electron chi connectivity index (χ2n) is 4.60. The number of nitrogens with one attached hydrogen (secondary N) is 1. The van der Waals surface area contributed by atoms with Gasteiger partial charge in [0.05, 0.1) is 13.2 Å². The number of hydrogen-bond acceptors (Lipinski definition) is 5. The predicted molar refractivity (Wildman–Crippen MR) is 80.6 cm³/mol. The van der Waals surface area contributed by atoms with Crippen LogP contribution in [0, 0.1) is 0 Å². The third-order valence-electron chi connectivity index (χ3n) is 3.11. The average molecular weight is 294 g/mol. The molecule has 1 aliphatic rings. The van der Waals surface area contributed by atoms with Crippen LogP contribution in [0.15, 0.2) is 18.3 Å². The van der Waals surface area contributed by atoms with Gasteiger partial charge in [0.2, 0.25) is 5.91 Å². The highest BCUT2D eigenvalue weighted by Gasteiger charge is 2.22. The molecule has 1 unspecified atom stereocenters. The van der Waals surface area contributed by atoms with Gasteiger partial charge in [-0.15, -0.1) is 0 Å². The molecule has 1 saturated heterocycles. The Bertz CT molecular complexity index is 486. The maximum atomic E-state index is 12.2. The van der Waals surface area contributed by atoms with Crippen molar-refractivity contribution in [1.82, 2.24) is 9.88 Å². The van der Waals surface area contributed by atoms with Crippen molar-refractivity contribution in [3.63, 3.8) is 0 Å². The standard InChI is InChI=1S/C13H18N4O2S/c1-9(13(18)17-4-6-19-7-5-17)16-11-3-2-10(8-15-11)12(14)20/h2-3,8-9H,4-7H2,1H3,(H2,14,20)(H,15,16). The van der Waals surface area contributed by atoms with Gasteiger partial charge in [0.1, 0.15) is 16.8 Å². The molecule has 1 atom stereocenters. The summed E-state index contributed by atoms with van der Waals surface area (Å²) < 4.78 is 5.23. The second kappa shape index (κ2) is 6.62. The number of ether oxygens (including phenoxy) is 1. The zero-order valence-electron chi connectivity index (χ0n) is 11.3. The number of hydrogen-bond donors (Lipinski definition) is 2. The number of carbonyl (C=O) groups excluding carboxylic acids is 1. The molecule has 1 fully saturated rings. The first-order valence-electron chi connectivity index (χ1n) is 6.47. The predicted octanol–water partition coefficient (Wildman–Crippen LogP) is 0.375. The number of anilines is 1. The third kappa shape index (κ3) is 3.64. The number of nitrogens with zero attached hydrogens (tertiary/aromatic N) is 2. The topological polar surface area (TPSA) is 80.5 Å². The number of rotatable bonds is 4. The van der Waals surface area contributed by atoms with Crippen LogP contribution in [0.1, 0.15) is 12.5 Å². The van der Waals surface area contributed by atoms with Crippen molar-refractivity contribution in [3.05, 3.63) is 23.9 Å². The van der Waals surface area contributed by atoms with Gasteiger partial charge < -0.3 is 20.7 Å². The van der Waals surface area contributed by atoms with E-state index >= 15 is 0 Å². The summed E-state index contributed by atoms with van der Waals surface area (Å²) in [7, 11) is 0. The number of carbonyl (C=O) groups is 1. The van der Waals surface area contributed by atoms with E-state index in [0.29, 0.717) is 42.7 Å². The Labute approximate surface area is 123 Å². The zero-order chi connectivity index (χ0) is 14.5. The van der Waals surface area contributed by atoms with Crippen molar-refractivity contribution >= 4 is 28.9 Å². The Morgan fingerprint density at radius 3 is 2.75 bits per heavy atom. The van der Waals surface area contributed by atoms with E-state index in [1.54, 1.807) is 23.2 Å². The Kier molecular flexibility index (Phi) is 4.86. The maximum absolute atomic E-state index is 12.2. The van der Waals surface area contributed by atoms with Crippen molar-refractivity contribution in [2.75, 3.05) is 31.6 Å². The summed E-state index contributed by atoms with van der Waals surface area (Å²) in [6.07, 6.45) is 1.59. The highest BCUT2D eigenvalue weighted by molar-refractivity contribution is 7.80. The largest absolute Gasteiger partial charge is 0.389 e. The number of morpholine rings is 1. The van der Waals surface area contributed by atoms with Gasteiger partial charge in [0, 0.05) is 24.8 Å². The summed E-state index contributed by atoms with van der Waals surface area (Å²) in [5.41, 5.74) is 6.22. The summed E-state index contributed by atoms with van der Waals surface area (Å²) in [5, 5.41) is 3.08. The van der Waals surface area contributed by atoms with Gasteiger partial charge in [-0.1, -0.05) is 12.2 Å². The Hall–Kier alpha value is -1.73. The van der Waals surface area contributed by atoms with Gasteiger partial charge in [0.25, 0.3) is 0 Å². The molecule has 1 aromatic heterocycles. The van der Waals surface area contributed by atoms with Crippen LogP contribution < -0.4 is 11.1 Å². The van der Waals surface area contributed by atoms with Gasteiger partial charge in [-0.2, -0.15) is 0 Å². The van der Waals surface area contributed by atoms with Crippen molar-refractivity contribution in [1.29, 1.82) is 0 Å². The molecule has 2 rings (SSSR count). The molecule has 20 heavy (non-hydrogen) atoms. The highest BCUT2D eigenvalue weighted by Crippen LogP contribution is 2.09. The molecule has 3 N–H and O–H groups in total. The molecule has 6 nitrogen and oxygen atoms in total. The lowest BCUT2D eigenvalue weighted by Crippen LogP contribution is -2.47. The van der Waals surface area contributed by atoms with Crippen LogP contribution in [-0.2, 0) is 9.53 Å². The highest BCUT2D eigenvalue weighted by atomic mass is 32.1. The van der Waals surface area contributed by atoms with E-state index in [-0.39, 0.29) is 11.9 Å². The molecule has 1 amide bonds. The zero-order valence-corrected chi connectivity index (χ0v) is 12.2. The summed E-state index contributed by atoms with van der Waals surface area (Å²) >= 11 is 4.86. The fourth-order valence-corrected chi connectivity index (χ4v) is 2.09. The van der Waals surface area contributed by atoms with E-state index < -0.39 is 0 Å². The minimum Gasteiger partial charge on any atom is -0.389 e.